The molecule has 21 heavy (non-hydrogen) atoms. The van der Waals surface area contributed by atoms with Crippen molar-refractivity contribution in [2.75, 3.05) is 24.5 Å². The maximum absolute atomic E-state index is 12.2. The standard InChI is InChI=1S/C16H26N4O/c1-3-4-9-17-16(21)14-12-15(19-13(2)18-14)20-10-7-5-6-8-11-20/h12H,3-11H2,1-2H3,(H,17,21). The third-order valence-corrected chi connectivity index (χ3v) is 3.80. The van der Waals surface area contributed by atoms with Crippen LogP contribution in [0, 0.1) is 6.92 Å². The lowest BCUT2D eigenvalue weighted by atomic mass is 10.2. The Morgan fingerprint density at radius 2 is 1.95 bits per heavy atom. The molecule has 1 fully saturated rings. The molecule has 0 spiro atoms. The van der Waals surface area contributed by atoms with Gasteiger partial charge in [-0.15, -0.1) is 0 Å². The first-order chi connectivity index (χ1) is 10.2. The molecule has 1 amide bonds. The Bertz CT molecular complexity index is 467. The molecule has 2 rings (SSSR count). The van der Waals surface area contributed by atoms with Crippen LogP contribution in [0.25, 0.3) is 0 Å². The van der Waals surface area contributed by atoms with Gasteiger partial charge in [-0.2, -0.15) is 0 Å². The second-order valence-corrected chi connectivity index (χ2v) is 5.67. The smallest absolute Gasteiger partial charge is 0.270 e. The van der Waals surface area contributed by atoms with Gasteiger partial charge in [0.2, 0.25) is 0 Å². The molecule has 5 nitrogen and oxygen atoms in total. The van der Waals surface area contributed by atoms with E-state index >= 15 is 0 Å². The topological polar surface area (TPSA) is 58.1 Å². The predicted molar refractivity (Wildman–Crippen MR) is 84.7 cm³/mol. The third kappa shape index (κ3) is 4.69. The van der Waals surface area contributed by atoms with Crippen LogP contribution in [0.1, 0.15) is 61.8 Å². The molecule has 1 aromatic heterocycles. The van der Waals surface area contributed by atoms with E-state index in [9.17, 15) is 4.79 Å². The molecule has 1 saturated heterocycles. The lowest BCUT2D eigenvalue weighted by molar-refractivity contribution is 0.0948. The molecule has 1 N–H and O–H groups in total. The summed E-state index contributed by atoms with van der Waals surface area (Å²) in [4.78, 5) is 23.2. The van der Waals surface area contributed by atoms with Gasteiger partial charge in [0.1, 0.15) is 17.3 Å². The van der Waals surface area contributed by atoms with Crippen LogP contribution in [0.5, 0.6) is 0 Å². The molecule has 1 aliphatic heterocycles. The molecule has 0 saturated carbocycles. The molecule has 116 valence electrons. The minimum absolute atomic E-state index is 0.0926. The van der Waals surface area contributed by atoms with Crippen LogP contribution in [0.2, 0.25) is 0 Å². The molecule has 0 aromatic carbocycles. The largest absolute Gasteiger partial charge is 0.356 e. The number of rotatable bonds is 5. The lowest BCUT2D eigenvalue weighted by Gasteiger charge is -2.22. The molecule has 1 aromatic rings. The molecular formula is C16H26N4O. The Kier molecular flexibility index (Phi) is 5.96. The fourth-order valence-corrected chi connectivity index (χ4v) is 2.60. The number of carbonyl (C=O) groups is 1. The maximum Gasteiger partial charge on any atom is 0.270 e. The number of aryl methyl sites for hydroxylation is 1. The zero-order valence-electron chi connectivity index (χ0n) is 13.2. The molecule has 0 bridgehead atoms. The number of nitrogens with one attached hydrogen (secondary N) is 1. The minimum Gasteiger partial charge on any atom is -0.356 e. The van der Waals surface area contributed by atoms with Crippen LogP contribution < -0.4 is 10.2 Å². The third-order valence-electron chi connectivity index (χ3n) is 3.80. The maximum atomic E-state index is 12.2. The van der Waals surface area contributed by atoms with Crippen molar-refractivity contribution in [1.82, 2.24) is 15.3 Å². The molecule has 0 aliphatic carbocycles. The molecular weight excluding hydrogens is 264 g/mol. The lowest BCUT2D eigenvalue weighted by Crippen LogP contribution is -2.28. The first kappa shape index (κ1) is 15.7. The highest BCUT2D eigenvalue weighted by Crippen LogP contribution is 2.18. The van der Waals surface area contributed by atoms with E-state index in [1.165, 1.54) is 25.7 Å². The Balaban J connectivity index is 2.10. The van der Waals surface area contributed by atoms with Crippen LogP contribution in [0.15, 0.2) is 6.07 Å². The van der Waals surface area contributed by atoms with E-state index in [0.29, 0.717) is 18.1 Å². The monoisotopic (exact) mass is 290 g/mol. The van der Waals surface area contributed by atoms with Crippen molar-refractivity contribution in [3.05, 3.63) is 17.6 Å². The van der Waals surface area contributed by atoms with E-state index in [2.05, 4.69) is 27.1 Å². The van der Waals surface area contributed by atoms with Gasteiger partial charge in [-0.1, -0.05) is 26.2 Å². The number of hydrogen-bond acceptors (Lipinski definition) is 4. The molecule has 5 heteroatoms. The van der Waals surface area contributed by atoms with E-state index in [1.807, 2.05) is 13.0 Å². The number of amides is 1. The zero-order valence-corrected chi connectivity index (χ0v) is 13.2. The second kappa shape index (κ2) is 7.96. The van der Waals surface area contributed by atoms with Crippen LogP contribution in [0.3, 0.4) is 0 Å². The van der Waals surface area contributed by atoms with Crippen LogP contribution in [-0.2, 0) is 0 Å². The van der Waals surface area contributed by atoms with Gasteiger partial charge < -0.3 is 10.2 Å². The average molecular weight is 290 g/mol. The summed E-state index contributed by atoms with van der Waals surface area (Å²) in [7, 11) is 0. The zero-order chi connectivity index (χ0) is 15.1. The Hall–Kier alpha value is -1.65. The van der Waals surface area contributed by atoms with Crippen molar-refractivity contribution in [3.63, 3.8) is 0 Å². The summed E-state index contributed by atoms with van der Waals surface area (Å²) in [6.45, 7) is 6.71. The van der Waals surface area contributed by atoms with Crippen LogP contribution >= 0.6 is 0 Å². The Labute approximate surface area is 127 Å². The van der Waals surface area contributed by atoms with Crippen molar-refractivity contribution < 1.29 is 4.79 Å². The van der Waals surface area contributed by atoms with Crippen molar-refractivity contribution in [3.8, 4) is 0 Å². The number of anilines is 1. The van der Waals surface area contributed by atoms with Crippen molar-refractivity contribution >= 4 is 11.7 Å². The number of nitrogens with zero attached hydrogens (tertiary/aromatic N) is 3. The van der Waals surface area contributed by atoms with E-state index in [1.54, 1.807) is 0 Å². The minimum atomic E-state index is -0.0926. The highest BCUT2D eigenvalue weighted by Gasteiger charge is 2.15. The molecule has 2 heterocycles. The van der Waals surface area contributed by atoms with Gasteiger partial charge in [0.05, 0.1) is 0 Å². The number of aromatic nitrogens is 2. The fourth-order valence-electron chi connectivity index (χ4n) is 2.60. The summed E-state index contributed by atoms with van der Waals surface area (Å²) in [5.41, 5.74) is 0.484. The second-order valence-electron chi connectivity index (χ2n) is 5.67. The van der Waals surface area contributed by atoms with Gasteiger partial charge in [-0.05, 0) is 26.2 Å². The first-order valence-corrected chi connectivity index (χ1v) is 8.09. The Morgan fingerprint density at radius 1 is 1.24 bits per heavy atom. The average Bonchev–Trinajstić information content (AvgIpc) is 2.76. The van der Waals surface area contributed by atoms with Crippen molar-refractivity contribution in [2.45, 2.75) is 52.4 Å². The summed E-state index contributed by atoms with van der Waals surface area (Å²) in [5.74, 6) is 1.47. The fraction of sp³-hybridized carbons (Fsp3) is 0.688. The molecule has 0 unspecified atom stereocenters. The summed E-state index contributed by atoms with van der Waals surface area (Å²) < 4.78 is 0. The normalized spacial score (nSPS) is 15.6. The van der Waals surface area contributed by atoms with E-state index in [0.717, 1.165) is 31.7 Å². The van der Waals surface area contributed by atoms with Gasteiger partial charge >= 0.3 is 0 Å². The SMILES string of the molecule is CCCCNC(=O)c1cc(N2CCCCCC2)nc(C)n1. The van der Waals surface area contributed by atoms with E-state index in [-0.39, 0.29) is 5.91 Å². The molecule has 0 radical (unpaired) electrons. The van der Waals surface area contributed by atoms with Gasteiger partial charge in [0.15, 0.2) is 0 Å². The van der Waals surface area contributed by atoms with Gasteiger partial charge in [0.25, 0.3) is 5.91 Å². The predicted octanol–water partition coefficient (Wildman–Crippen LogP) is 2.70. The van der Waals surface area contributed by atoms with Crippen LogP contribution in [-0.4, -0.2) is 35.5 Å². The van der Waals surface area contributed by atoms with E-state index in [4.69, 9.17) is 0 Å². The quantitative estimate of drug-likeness (QED) is 0.847. The van der Waals surface area contributed by atoms with E-state index < -0.39 is 0 Å². The van der Waals surface area contributed by atoms with Crippen molar-refractivity contribution in [2.24, 2.45) is 0 Å². The summed E-state index contributed by atoms with van der Waals surface area (Å²) in [6, 6.07) is 1.83. The Morgan fingerprint density at radius 3 is 2.62 bits per heavy atom. The summed E-state index contributed by atoms with van der Waals surface area (Å²) in [5, 5.41) is 2.92. The van der Waals surface area contributed by atoms with Gasteiger partial charge in [-0.3, -0.25) is 4.79 Å². The number of carbonyl (C=O) groups excluding carboxylic acids is 1. The van der Waals surface area contributed by atoms with Gasteiger partial charge in [-0.25, -0.2) is 9.97 Å². The van der Waals surface area contributed by atoms with Crippen molar-refractivity contribution in [1.29, 1.82) is 0 Å². The molecule has 0 atom stereocenters. The number of unbranched alkanes of at least 4 members (excludes halogenated alkanes) is 1. The first-order valence-electron chi connectivity index (χ1n) is 8.09. The highest BCUT2D eigenvalue weighted by molar-refractivity contribution is 5.92. The highest BCUT2D eigenvalue weighted by atomic mass is 16.1. The van der Waals surface area contributed by atoms with Gasteiger partial charge in [0, 0.05) is 25.7 Å². The molecule has 1 aliphatic rings. The summed E-state index contributed by atoms with van der Waals surface area (Å²) in [6.07, 6.45) is 7.02. The number of hydrogen-bond donors (Lipinski definition) is 1. The van der Waals surface area contributed by atoms with Crippen LogP contribution in [0.4, 0.5) is 5.82 Å². The summed E-state index contributed by atoms with van der Waals surface area (Å²) >= 11 is 0.